The Labute approximate surface area is 161 Å². The molecule has 26 heavy (non-hydrogen) atoms. The third-order valence-corrected chi connectivity index (χ3v) is 7.68. The van der Waals surface area contributed by atoms with E-state index in [9.17, 15) is 5.11 Å². The number of hydrogen-bond donors (Lipinski definition) is 1. The Hall–Kier alpha value is -1.79. The van der Waals surface area contributed by atoms with Gasteiger partial charge >= 0.3 is 0 Å². The van der Waals surface area contributed by atoms with Crippen LogP contribution < -0.4 is 10.4 Å². The Balaban J connectivity index is 2.00. The van der Waals surface area contributed by atoms with Crippen molar-refractivity contribution in [3.63, 3.8) is 0 Å². The molecule has 2 aromatic carbocycles. The van der Waals surface area contributed by atoms with Gasteiger partial charge in [-0.1, -0.05) is 81.4 Å². The third-order valence-electron chi connectivity index (χ3n) is 4.22. The number of aliphatic hydroxyl groups is 1. The van der Waals surface area contributed by atoms with Crippen molar-refractivity contribution < 1.29 is 9.53 Å². The molecule has 0 aliphatic heterocycles. The first-order valence-electron chi connectivity index (χ1n) is 8.79. The van der Waals surface area contributed by atoms with E-state index in [4.69, 9.17) is 4.43 Å². The molecule has 3 nitrogen and oxygen atoms in total. The summed E-state index contributed by atoms with van der Waals surface area (Å²) in [6, 6.07) is 21.0. The molecule has 136 valence electrons. The summed E-state index contributed by atoms with van der Waals surface area (Å²) in [5.74, 6) is 0. The molecule has 1 aromatic heterocycles. The lowest BCUT2D eigenvalue weighted by Crippen LogP contribution is -2.47. The number of benzene rings is 2. The van der Waals surface area contributed by atoms with Crippen LogP contribution in [-0.2, 0) is 11.0 Å². The molecule has 0 saturated carbocycles. The minimum atomic E-state index is -1.87. The van der Waals surface area contributed by atoms with Crippen molar-refractivity contribution in [2.45, 2.75) is 33.5 Å². The molecule has 0 saturated heterocycles. The predicted molar refractivity (Wildman–Crippen MR) is 111 cm³/mol. The van der Waals surface area contributed by atoms with Crippen molar-refractivity contribution in [2.75, 3.05) is 0 Å². The highest BCUT2D eigenvalue weighted by atomic mass is 32.1. The van der Waals surface area contributed by atoms with Gasteiger partial charge in [-0.05, 0) is 15.8 Å². The zero-order valence-electron chi connectivity index (χ0n) is 15.4. The van der Waals surface area contributed by atoms with E-state index in [1.54, 1.807) is 11.3 Å². The van der Waals surface area contributed by atoms with Gasteiger partial charge < -0.3 is 9.53 Å². The van der Waals surface area contributed by atoms with E-state index in [1.165, 1.54) is 10.4 Å². The number of rotatable bonds is 6. The minimum Gasteiger partial charge on any atom is -0.401 e. The molecule has 5 heteroatoms. The van der Waals surface area contributed by atoms with Crippen molar-refractivity contribution in [2.24, 2.45) is 5.41 Å². The molecule has 0 radical (unpaired) electrons. The van der Waals surface area contributed by atoms with E-state index in [0.717, 1.165) is 5.01 Å². The normalized spacial score (nSPS) is 13.1. The van der Waals surface area contributed by atoms with E-state index in [2.05, 4.69) is 74.3 Å². The first-order chi connectivity index (χ1) is 12.5. The highest BCUT2D eigenvalue weighted by Gasteiger charge is 2.33. The second kappa shape index (κ2) is 8.27. The first kappa shape index (κ1) is 19.0. The van der Waals surface area contributed by atoms with Crippen LogP contribution in [-0.4, -0.2) is 19.1 Å². The van der Waals surface area contributed by atoms with Gasteiger partial charge in [0, 0.05) is 5.38 Å². The third kappa shape index (κ3) is 4.48. The maximum absolute atomic E-state index is 9.39. The monoisotopic (exact) mass is 383 g/mol. The predicted octanol–water partition coefficient (Wildman–Crippen LogP) is 3.28. The summed E-state index contributed by atoms with van der Waals surface area (Å²) in [6.07, 6.45) is -0.120. The lowest BCUT2D eigenvalue weighted by Gasteiger charge is -2.33. The van der Waals surface area contributed by atoms with Crippen molar-refractivity contribution in [1.29, 1.82) is 0 Å². The molecule has 1 N–H and O–H groups in total. The summed E-state index contributed by atoms with van der Waals surface area (Å²) >= 11 is 1.57. The van der Waals surface area contributed by atoms with Gasteiger partial charge in [-0.25, -0.2) is 4.98 Å². The molecule has 0 aliphatic rings. The smallest absolute Gasteiger partial charge is 0.240 e. The van der Waals surface area contributed by atoms with Gasteiger partial charge in [-0.2, -0.15) is 0 Å². The van der Waals surface area contributed by atoms with E-state index >= 15 is 0 Å². The van der Waals surface area contributed by atoms with Crippen molar-refractivity contribution >= 4 is 30.8 Å². The Kier molecular flexibility index (Phi) is 6.04. The summed E-state index contributed by atoms with van der Waals surface area (Å²) < 4.78 is 6.84. The molecular formula is C21H25NO2SSi. The molecule has 3 rings (SSSR count). The average molecular weight is 384 g/mol. The van der Waals surface area contributed by atoms with E-state index in [-0.39, 0.29) is 18.1 Å². The van der Waals surface area contributed by atoms with Gasteiger partial charge in [0.2, 0.25) is 9.04 Å². The van der Waals surface area contributed by atoms with Crippen LogP contribution in [0.1, 0.15) is 37.6 Å². The SMILES string of the molecule is CC(C)(C)C(O[SiH](c1ccccc1)c1ccccc1)c1nc(CO)cs1. The van der Waals surface area contributed by atoms with Crippen LogP contribution in [0.25, 0.3) is 0 Å². The first-order valence-corrected chi connectivity index (χ1v) is 11.3. The van der Waals surface area contributed by atoms with Crippen LogP contribution in [0.5, 0.6) is 0 Å². The van der Waals surface area contributed by atoms with Gasteiger partial charge in [0.25, 0.3) is 0 Å². The number of hydrogen-bond acceptors (Lipinski definition) is 4. The molecule has 1 heterocycles. The molecular weight excluding hydrogens is 358 g/mol. The fourth-order valence-electron chi connectivity index (χ4n) is 2.89. The lowest BCUT2D eigenvalue weighted by atomic mass is 9.89. The highest BCUT2D eigenvalue weighted by Crippen LogP contribution is 2.38. The summed E-state index contributed by atoms with van der Waals surface area (Å²) in [5, 5.41) is 14.7. The molecule has 1 atom stereocenters. The van der Waals surface area contributed by atoms with Crippen molar-refractivity contribution in [3.8, 4) is 0 Å². The maximum atomic E-state index is 9.39. The maximum Gasteiger partial charge on any atom is 0.240 e. The minimum absolute atomic E-state index is 0.0361. The summed E-state index contributed by atoms with van der Waals surface area (Å²) in [6.45, 7) is 6.50. The molecule has 0 aliphatic carbocycles. The second-order valence-corrected chi connectivity index (χ2v) is 10.7. The molecule has 0 fully saturated rings. The highest BCUT2D eigenvalue weighted by molar-refractivity contribution is 7.09. The largest absolute Gasteiger partial charge is 0.401 e. The van der Waals surface area contributed by atoms with Crippen LogP contribution in [0.2, 0.25) is 0 Å². The quantitative estimate of drug-likeness (QED) is 0.664. The number of aromatic nitrogens is 1. The molecule has 0 bridgehead atoms. The van der Waals surface area contributed by atoms with Gasteiger partial charge in [0.05, 0.1) is 12.3 Å². The van der Waals surface area contributed by atoms with Gasteiger partial charge in [0.15, 0.2) is 0 Å². The van der Waals surface area contributed by atoms with E-state index in [0.29, 0.717) is 5.69 Å². The van der Waals surface area contributed by atoms with Gasteiger partial charge in [0.1, 0.15) is 11.1 Å². The Morgan fingerprint density at radius 3 is 1.96 bits per heavy atom. The Bertz CT molecular complexity index is 775. The topological polar surface area (TPSA) is 42.4 Å². The fraction of sp³-hybridized carbons (Fsp3) is 0.286. The van der Waals surface area contributed by atoms with Crippen LogP contribution in [0.3, 0.4) is 0 Å². The molecule has 0 amide bonds. The van der Waals surface area contributed by atoms with Crippen LogP contribution in [0, 0.1) is 5.41 Å². The zero-order chi connectivity index (χ0) is 18.6. The van der Waals surface area contributed by atoms with Crippen LogP contribution >= 0.6 is 11.3 Å². The van der Waals surface area contributed by atoms with Gasteiger partial charge in [-0.3, -0.25) is 0 Å². The number of aliphatic hydroxyl groups excluding tert-OH is 1. The Morgan fingerprint density at radius 2 is 1.54 bits per heavy atom. The van der Waals surface area contributed by atoms with Crippen molar-refractivity contribution in [1.82, 2.24) is 4.98 Å². The van der Waals surface area contributed by atoms with Crippen LogP contribution in [0.15, 0.2) is 66.0 Å². The van der Waals surface area contributed by atoms with E-state index in [1.807, 2.05) is 17.5 Å². The fourth-order valence-corrected chi connectivity index (χ4v) is 6.73. The standard InChI is InChI=1S/C21H25NO2SSi/c1-21(2,3)19(20-22-16(14-23)15-25-20)24-26(17-10-6-4-7-11-17)18-12-8-5-9-13-18/h4-13,15,19,23,26H,14H2,1-3H3. The summed E-state index contributed by atoms with van der Waals surface area (Å²) in [5.41, 5.74) is 0.611. The molecule has 1 unspecified atom stereocenters. The summed E-state index contributed by atoms with van der Waals surface area (Å²) in [7, 11) is -1.87. The van der Waals surface area contributed by atoms with Crippen LogP contribution in [0.4, 0.5) is 0 Å². The average Bonchev–Trinajstić information content (AvgIpc) is 3.11. The lowest BCUT2D eigenvalue weighted by molar-refractivity contribution is 0.0891. The van der Waals surface area contributed by atoms with E-state index < -0.39 is 9.04 Å². The molecule has 0 spiro atoms. The van der Waals surface area contributed by atoms with Gasteiger partial charge in [-0.15, -0.1) is 11.3 Å². The molecule has 3 aromatic rings. The second-order valence-electron chi connectivity index (χ2n) is 7.42. The van der Waals surface area contributed by atoms with Crippen molar-refractivity contribution in [3.05, 3.63) is 76.7 Å². The zero-order valence-corrected chi connectivity index (χ0v) is 17.4. The number of nitrogens with zero attached hydrogens (tertiary/aromatic N) is 1. The summed E-state index contributed by atoms with van der Waals surface area (Å²) in [4.78, 5) is 4.60. The Morgan fingerprint density at radius 1 is 1.00 bits per heavy atom. The number of thiazole rings is 1.